The van der Waals surface area contributed by atoms with E-state index in [0.717, 1.165) is 0 Å². The van der Waals surface area contributed by atoms with Crippen LogP contribution in [0, 0.1) is 5.82 Å². The summed E-state index contributed by atoms with van der Waals surface area (Å²) in [5.74, 6) is -0.278. The number of rotatable bonds is 2. The first kappa shape index (κ1) is 9.30. The molecule has 1 aromatic rings. The number of hydrogen-bond donors (Lipinski definition) is 1. The Morgan fingerprint density at radius 1 is 1.50 bits per heavy atom. The van der Waals surface area contributed by atoms with E-state index in [-0.39, 0.29) is 11.9 Å². The zero-order valence-electron chi connectivity index (χ0n) is 7.44. The van der Waals surface area contributed by atoms with E-state index in [2.05, 4.69) is 5.32 Å². The molecule has 1 heterocycles. The highest BCUT2D eigenvalue weighted by molar-refractivity contribution is 5.56. The van der Waals surface area contributed by atoms with Crippen molar-refractivity contribution in [3.63, 3.8) is 0 Å². The van der Waals surface area contributed by atoms with Crippen molar-refractivity contribution in [2.24, 2.45) is 0 Å². The number of nitrogens with one attached hydrogen (secondary N) is 1. The number of carbonyl (C=O) groups excluding carboxylic acids is 1. The second kappa shape index (κ2) is 3.86. The van der Waals surface area contributed by atoms with Crippen LogP contribution in [0.2, 0.25) is 0 Å². The Balaban J connectivity index is 2.17. The van der Waals surface area contributed by atoms with Crippen LogP contribution in [0.4, 0.5) is 4.39 Å². The molecule has 4 heteroatoms. The van der Waals surface area contributed by atoms with E-state index < -0.39 is 6.23 Å². The standard InChI is InChI=1S/C10H10FNO2/c11-8-4-2-1-3-7(8)9-6-14-10(5-13)12-9/h1-5,9-10,12H,6H2. The van der Waals surface area contributed by atoms with E-state index in [9.17, 15) is 9.18 Å². The Bertz CT molecular complexity index is 343. The molecule has 1 fully saturated rings. The molecule has 1 aliphatic rings. The van der Waals surface area contributed by atoms with Crippen LogP contribution in [-0.4, -0.2) is 19.1 Å². The molecule has 2 unspecified atom stereocenters. The average Bonchev–Trinajstić information content (AvgIpc) is 2.67. The minimum Gasteiger partial charge on any atom is -0.354 e. The fourth-order valence-corrected chi connectivity index (χ4v) is 1.51. The number of aldehydes is 1. The summed E-state index contributed by atoms with van der Waals surface area (Å²) in [4.78, 5) is 10.4. The highest BCUT2D eigenvalue weighted by atomic mass is 19.1. The maximum absolute atomic E-state index is 13.3. The molecule has 1 aliphatic heterocycles. The summed E-state index contributed by atoms with van der Waals surface area (Å²) < 4.78 is 18.4. The molecule has 0 radical (unpaired) electrons. The van der Waals surface area contributed by atoms with Crippen molar-refractivity contribution in [3.05, 3.63) is 35.6 Å². The normalized spacial score (nSPS) is 26.4. The van der Waals surface area contributed by atoms with E-state index in [1.807, 2.05) is 0 Å². The van der Waals surface area contributed by atoms with Crippen molar-refractivity contribution >= 4 is 6.29 Å². The first-order chi connectivity index (χ1) is 6.81. The van der Waals surface area contributed by atoms with Gasteiger partial charge in [-0.3, -0.25) is 10.1 Å². The highest BCUT2D eigenvalue weighted by Crippen LogP contribution is 2.21. The molecule has 1 saturated heterocycles. The van der Waals surface area contributed by atoms with Gasteiger partial charge in [-0.1, -0.05) is 18.2 Å². The van der Waals surface area contributed by atoms with Crippen LogP contribution in [0.3, 0.4) is 0 Å². The molecular weight excluding hydrogens is 185 g/mol. The number of carbonyl (C=O) groups is 1. The van der Waals surface area contributed by atoms with Crippen molar-refractivity contribution < 1.29 is 13.9 Å². The molecule has 0 bridgehead atoms. The van der Waals surface area contributed by atoms with Gasteiger partial charge in [0.05, 0.1) is 12.6 Å². The Kier molecular flexibility index (Phi) is 2.56. The largest absolute Gasteiger partial charge is 0.354 e. The van der Waals surface area contributed by atoms with Crippen LogP contribution in [0.25, 0.3) is 0 Å². The third-order valence-corrected chi connectivity index (χ3v) is 2.21. The smallest absolute Gasteiger partial charge is 0.165 e. The molecule has 0 aromatic heterocycles. The van der Waals surface area contributed by atoms with Gasteiger partial charge in [-0.25, -0.2) is 4.39 Å². The van der Waals surface area contributed by atoms with Crippen molar-refractivity contribution in [2.75, 3.05) is 6.61 Å². The van der Waals surface area contributed by atoms with Gasteiger partial charge in [0.15, 0.2) is 12.5 Å². The summed E-state index contributed by atoms with van der Waals surface area (Å²) in [5.41, 5.74) is 0.539. The third kappa shape index (κ3) is 1.66. The molecule has 0 aliphatic carbocycles. The molecule has 74 valence electrons. The molecule has 14 heavy (non-hydrogen) atoms. The van der Waals surface area contributed by atoms with E-state index in [0.29, 0.717) is 18.5 Å². The fourth-order valence-electron chi connectivity index (χ4n) is 1.51. The Morgan fingerprint density at radius 3 is 2.93 bits per heavy atom. The molecule has 1 N–H and O–H groups in total. The number of hydrogen-bond acceptors (Lipinski definition) is 3. The van der Waals surface area contributed by atoms with E-state index in [1.54, 1.807) is 18.2 Å². The van der Waals surface area contributed by atoms with E-state index in [4.69, 9.17) is 4.74 Å². The average molecular weight is 195 g/mol. The predicted octanol–water partition coefficient (Wildman–Crippen LogP) is 1.01. The molecule has 2 rings (SSSR count). The van der Waals surface area contributed by atoms with Gasteiger partial charge in [0.1, 0.15) is 5.82 Å². The van der Waals surface area contributed by atoms with Crippen LogP contribution in [-0.2, 0) is 9.53 Å². The molecule has 1 aromatic carbocycles. The van der Waals surface area contributed by atoms with Gasteiger partial charge in [0, 0.05) is 5.56 Å². The summed E-state index contributed by atoms with van der Waals surface area (Å²) in [6, 6.07) is 6.24. The molecular formula is C10H10FNO2. The molecule has 0 spiro atoms. The predicted molar refractivity (Wildman–Crippen MR) is 48.1 cm³/mol. The van der Waals surface area contributed by atoms with E-state index in [1.165, 1.54) is 6.07 Å². The Labute approximate surface area is 80.9 Å². The first-order valence-corrected chi connectivity index (χ1v) is 4.38. The molecule has 2 atom stereocenters. The lowest BCUT2D eigenvalue weighted by Gasteiger charge is -2.09. The third-order valence-electron chi connectivity index (χ3n) is 2.21. The second-order valence-corrected chi connectivity index (χ2v) is 3.13. The quantitative estimate of drug-likeness (QED) is 0.716. The van der Waals surface area contributed by atoms with Gasteiger partial charge in [-0.05, 0) is 6.07 Å². The number of benzene rings is 1. The Hall–Kier alpha value is -1.26. The lowest BCUT2D eigenvalue weighted by atomic mass is 10.1. The van der Waals surface area contributed by atoms with Crippen LogP contribution in [0.15, 0.2) is 24.3 Å². The number of halogens is 1. The summed E-state index contributed by atoms with van der Waals surface area (Å²) in [6.45, 7) is 0.324. The molecule has 0 amide bonds. The zero-order valence-corrected chi connectivity index (χ0v) is 7.44. The SMILES string of the molecule is O=CC1NC(c2ccccc2F)CO1. The van der Waals surface area contributed by atoms with Crippen molar-refractivity contribution in [2.45, 2.75) is 12.3 Å². The van der Waals surface area contributed by atoms with Crippen LogP contribution in [0.5, 0.6) is 0 Å². The Morgan fingerprint density at radius 2 is 2.29 bits per heavy atom. The van der Waals surface area contributed by atoms with Crippen molar-refractivity contribution in [1.82, 2.24) is 5.32 Å². The van der Waals surface area contributed by atoms with Crippen LogP contribution >= 0.6 is 0 Å². The van der Waals surface area contributed by atoms with Gasteiger partial charge in [0.2, 0.25) is 0 Å². The summed E-state index contributed by atoms with van der Waals surface area (Å²) >= 11 is 0. The highest BCUT2D eigenvalue weighted by Gasteiger charge is 2.26. The number of ether oxygens (including phenoxy) is 1. The van der Waals surface area contributed by atoms with Gasteiger partial charge >= 0.3 is 0 Å². The maximum Gasteiger partial charge on any atom is 0.165 e. The fraction of sp³-hybridized carbons (Fsp3) is 0.300. The van der Waals surface area contributed by atoms with Crippen molar-refractivity contribution in [1.29, 1.82) is 0 Å². The second-order valence-electron chi connectivity index (χ2n) is 3.13. The first-order valence-electron chi connectivity index (χ1n) is 4.38. The van der Waals surface area contributed by atoms with Gasteiger partial charge < -0.3 is 4.74 Å². The minimum absolute atomic E-state index is 0.230. The van der Waals surface area contributed by atoms with Gasteiger partial charge in [-0.2, -0.15) is 0 Å². The van der Waals surface area contributed by atoms with Crippen LogP contribution < -0.4 is 5.32 Å². The molecule has 0 saturated carbocycles. The summed E-state index contributed by atoms with van der Waals surface area (Å²) in [5, 5.41) is 2.87. The van der Waals surface area contributed by atoms with Gasteiger partial charge in [0.25, 0.3) is 0 Å². The minimum atomic E-state index is -0.611. The zero-order chi connectivity index (χ0) is 9.97. The summed E-state index contributed by atoms with van der Waals surface area (Å²) in [6.07, 6.45) is 0.0560. The summed E-state index contributed by atoms with van der Waals surface area (Å²) in [7, 11) is 0. The van der Waals surface area contributed by atoms with Crippen LogP contribution in [0.1, 0.15) is 11.6 Å². The maximum atomic E-state index is 13.3. The lowest BCUT2D eigenvalue weighted by molar-refractivity contribution is -0.116. The lowest BCUT2D eigenvalue weighted by Crippen LogP contribution is -2.26. The molecule has 3 nitrogen and oxygen atoms in total. The van der Waals surface area contributed by atoms with E-state index >= 15 is 0 Å². The van der Waals surface area contributed by atoms with Gasteiger partial charge in [-0.15, -0.1) is 0 Å². The monoisotopic (exact) mass is 195 g/mol. The van der Waals surface area contributed by atoms with Crippen molar-refractivity contribution in [3.8, 4) is 0 Å². The topological polar surface area (TPSA) is 38.3 Å².